The SMILES string of the molecule is CCOC(=O)CN(C(=O)c1cc(-c2ccc3c(c2)OCCO3)nc2c1cnn2C(C)C)C(C)C. The maximum atomic E-state index is 13.7. The summed E-state index contributed by atoms with van der Waals surface area (Å²) >= 11 is 0. The number of pyridine rings is 1. The van der Waals surface area contributed by atoms with Crippen molar-refractivity contribution in [3.63, 3.8) is 0 Å². The lowest BCUT2D eigenvalue weighted by molar-refractivity contribution is -0.144. The molecule has 0 fully saturated rings. The molecule has 1 amide bonds. The van der Waals surface area contributed by atoms with Crippen molar-refractivity contribution in [2.75, 3.05) is 26.4 Å². The van der Waals surface area contributed by atoms with Crippen molar-refractivity contribution < 1.29 is 23.8 Å². The Labute approximate surface area is 198 Å². The molecule has 0 unspecified atom stereocenters. The number of fused-ring (bicyclic) bond motifs is 2. The number of nitrogens with zero attached hydrogens (tertiary/aromatic N) is 4. The average Bonchev–Trinajstić information content (AvgIpc) is 3.25. The molecule has 0 bridgehead atoms. The standard InChI is InChI=1S/C25H30N4O5/c1-6-32-23(30)14-28(15(2)3)25(31)18-12-20(27-24-19(18)13-26-29(24)16(4)5)17-7-8-21-22(11-17)34-10-9-33-21/h7-8,11-13,15-16H,6,9-10,14H2,1-5H3. The van der Waals surface area contributed by atoms with Crippen molar-refractivity contribution >= 4 is 22.9 Å². The summed E-state index contributed by atoms with van der Waals surface area (Å²) < 4.78 is 18.3. The number of ether oxygens (including phenoxy) is 3. The molecule has 4 rings (SSSR count). The van der Waals surface area contributed by atoms with Gasteiger partial charge in [-0.1, -0.05) is 0 Å². The van der Waals surface area contributed by atoms with Crippen LogP contribution in [0.25, 0.3) is 22.3 Å². The first-order valence-corrected chi connectivity index (χ1v) is 11.5. The number of esters is 1. The highest BCUT2D eigenvalue weighted by Gasteiger charge is 2.26. The number of hydrogen-bond acceptors (Lipinski definition) is 7. The first-order chi connectivity index (χ1) is 16.3. The quantitative estimate of drug-likeness (QED) is 0.488. The molecule has 1 aliphatic heterocycles. The molecule has 0 saturated heterocycles. The Morgan fingerprint density at radius 1 is 1.12 bits per heavy atom. The van der Waals surface area contributed by atoms with Gasteiger partial charge in [-0.05, 0) is 58.9 Å². The lowest BCUT2D eigenvalue weighted by Crippen LogP contribution is -2.41. The minimum Gasteiger partial charge on any atom is -0.486 e. The van der Waals surface area contributed by atoms with Crippen molar-refractivity contribution in [1.29, 1.82) is 0 Å². The highest BCUT2D eigenvalue weighted by molar-refractivity contribution is 6.07. The molecule has 0 saturated carbocycles. The molecule has 2 aromatic heterocycles. The molecule has 0 atom stereocenters. The Bertz CT molecular complexity index is 1220. The van der Waals surface area contributed by atoms with Crippen molar-refractivity contribution in [3.8, 4) is 22.8 Å². The van der Waals surface area contributed by atoms with Crippen LogP contribution in [0, 0.1) is 0 Å². The van der Waals surface area contributed by atoms with E-state index in [0.29, 0.717) is 47.0 Å². The van der Waals surface area contributed by atoms with Crippen LogP contribution in [0.3, 0.4) is 0 Å². The minimum absolute atomic E-state index is 0.0456. The lowest BCUT2D eigenvalue weighted by atomic mass is 10.0. The van der Waals surface area contributed by atoms with Gasteiger partial charge in [-0.3, -0.25) is 9.59 Å². The van der Waals surface area contributed by atoms with E-state index in [1.807, 2.05) is 45.9 Å². The Balaban J connectivity index is 1.84. The Morgan fingerprint density at radius 3 is 2.53 bits per heavy atom. The van der Waals surface area contributed by atoms with Crippen LogP contribution in [-0.2, 0) is 9.53 Å². The second-order valence-corrected chi connectivity index (χ2v) is 8.67. The average molecular weight is 467 g/mol. The molecule has 9 heteroatoms. The number of hydrogen-bond donors (Lipinski definition) is 0. The highest BCUT2D eigenvalue weighted by Crippen LogP contribution is 2.35. The second-order valence-electron chi connectivity index (χ2n) is 8.67. The third kappa shape index (κ3) is 4.55. The maximum Gasteiger partial charge on any atom is 0.325 e. The van der Waals surface area contributed by atoms with E-state index in [0.717, 1.165) is 5.56 Å². The van der Waals surface area contributed by atoms with Crippen molar-refractivity contribution in [2.24, 2.45) is 0 Å². The van der Waals surface area contributed by atoms with Gasteiger partial charge >= 0.3 is 5.97 Å². The molecule has 0 aliphatic carbocycles. The fraction of sp³-hybridized carbons (Fsp3) is 0.440. The monoisotopic (exact) mass is 466 g/mol. The van der Waals surface area contributed by atoms with Crippen LogP contribution in [0.1, 0.15) is 51.0 Å². The van der Waals surface area contributed by atoms with Gasteiger partial charge in [-0.15, -0.1) is 0 Å². The molecule has 0 radical (unpaired) electrons. The fourth-order valence-corrected chi connectivity index (χ4v) is 3.91. The Kier molecular flexibility index (Phi) is 6.72. The summed E-state index contributed by atoms with van der Waals surface area (Å²) in [6, 6.07) is 7.19. The topological polar surface area (TPSA) is 95.8 Å². The molecular weight excluding hydrogens is 436 g/mol. The molecule has 3 heterocycles. The lowest BCUT2D eigenvalue weighted by Gasteiger charge is -2.26. The van der Waals surface area contributed by atoms with Gasteiger partial charge in [0.2, 0.25) is 0 Å². The predicted molar refractivity (Wildman–Crippen MR) is 127 cm³/mol. The molecular formula is C25H30N4O5. The van der Waals surface area contributed by atoms with Crippen LogP contribution in [0.5, 0.6) is 11.5 Å². The molecule has 180 valence electrons. The van der Waals surface area contributed by atoms with Crippen LogP contribution >= 0.6 is 0 Å². The van der Waals surface area contributed by atoms with E-state index in [1.165, 1.54) is 4.90 Å². The summed E-state index contributed by atoms with van der Waals surface area (Å²) in [4.78, 5) is 32.3. The highest BCUT2D eigenvalue weighted by atomic mass is 16.6. The summed E-state index contributed by atoms with van der Waals surface area (Å²) in [5.74, 6) is 0.597. The number of amides is 1. The van der Waals surface area contributed by atoms with Crippen LogP contribution in [0.2, 0.25) is 0 Å². The first kappa shape index (κ1) is 23.5. The van der Waals surface area contributed by atoms with E-state index < -0.39 is 5.97 Å². The van der Waals surface area contributed by atoms with Gasteiger partial charge in [-0.2, -0.15) is 5.10 Å². The zero-order valence-corrected chi connectivity index (χ0v) is 20.2. The van der Waals surface area contributed by atoms with Gasteiger partial charge in [0.15, 0.2) is 17.1 Å². The number of carbonyl (C=O) groups excluding carboxylic acids is 2. The zero-order valence-electron chi connectivity index (χ0n) is 20.2. The van der Waals surface area contributed by atoms with Crippen LogP contribution in [0.15, 0.2) is 30.5 Å². The molecule has 9 nitrogen and oxygen atoms in total. The van der Waals surface area contributed by atoms with Crippen molar-refractivity contribution in [2.45, 2.75) is 46.7 Å². The summed E-state index contributed by atoms with van der Waals surface area (Å²) in [6.45, 7) is 10.6. The van der Waals surface area contributed by atoms with E-state index >= 15 is 0 Å². The number of rotatable bonds is 7. The first-order valence-electron chi connectivity index (χ1n) is 11.5. The van der Waals surface area contributed by atoms with Gasteiger partial charge in [-0.25, -0.2) is 9.67 Å². The fourth-order valence-electron chi connectivity index (χ4n) is 3.91. The van der Waals surface area contributed by atoms with Crippen LogP contribution in [0.4, 0.5) is 0 Å². The van der Waals surface area contributed by atoms with Gasteiger partial charge < -0.3 is 19.1 Å². The van der Waals surface area contributed by atoms with Gasteiger partial charge in [0.25, 0.3) is 5.91 Å². The second kappa shape index (κ2) is 9.70. The van der Waals surface area contributed by atoms with Gasteiger partial charge in [0, 0.05) is 17.6 Å². The molecule has 1 aromatic carbocycles. The smallest absolute Gasteiger partial charge is 0.325 e. The van der Waals surface area contributed by atoms with Crippen LogP contribution in [-0.4, -0.2) is 63.9 Å². The summed E-state index contributed by atoms with van der Waals surface area (Å²) in [5.41, 5.74) is 2.43. The maximum absolute atomic E-state index is 13.7. The third-order valence-electron chi connectivity index (χ3n) is 5.61. The Morgan fingerprint density at radius 2 is 1.85 bits per heavy atom. The molecule has 3 aromatic rings. The molecule has 34 heavy (non-hydrogen) atoms. The molecule has 0 N–H and O–H groups in total. The van der Waals surface area contributed by atoms with Crippen molar-refractivity contribution in [3.05, 3.63) is 36.0 Å². The van der Waals surface area contributed by atoms with Gasteiger partial charge in [0.1, 0.15) is 19.8 Å². The van der Waals surface area contributed by atoms with E-state index in [2.05, 4.69) is 5.10 Å². The molecule has 1 aliphatic rings. The minimum atomic E-state index is -0.445. The van der Waals surface area contributed by atoms with E-state index in [1.54, 1.807) is 23.9 Å². The van der Waals surface area contributed by atoms with E-state index in [4.69, 9.17) is 19.2 Å². The summed E-state index contributed by atoms with van der Waals surface area (Å²) in [7, 11) is 0. The Hall–Kier alpha value is -3.62. The van der Waals surface area contributed by atoms with E-state index in [-0.39, 0.29) is 31.1 Å². The summed E-state index contributed by atoms with van der Waals surface area (Å²) in [5, 5.41) is 5.12. The number of benzene rings is 1. The zero-order chi connectivity index (χ0) is 24.4. The summed E-state index contributed by atoms with van der Waals surface area (Å²) in [6.07, 6.45) is 1.66. The van der Waals surface area contributed by atoms with Crippen molar-refractivity contribution in [1.82, 2.24) is 19.7 Å². The van der Waals surface area contributed by atoms with Crippen LogP contribution < -0.4 is 9.47 Å². The molecule has 0 spiro atoms. The largest absolute Gasteiger partial charge is 0.486 e. The van der Waals surface area contributed by atoms with E-state index in [9.17, 15) is 9.59 Å². The normalized spacial score (nSPS) is 12.9. The number of carbonyl (C=O) groups is 2. The predicted octanol–water partition coefficient (Wildman–Crippen LogP) is 3.86. The number of aromatic nitrogens is 3. The van der Waals surface area contributed by atoms with Gasteiger partial charge in [0.05, 0.1) is 29.4 Å². The third-order valence-corrected chi connectivity index (χ3v) is 5.61.